The number of anilines is 2. The summed E-state index contributed by atoms with van der Waals surface area (Å²) in [6, 6.07) is 5.34. The SMILES string of the molecule is Cn1ncc(NC(=O)c2ccc(F)c(-c3c(F)cccc3F)n2)c1N1CCCCCC1. The second-order valence-corrected chi connectivity index (χ2v) is 7.48. The van der Waals surface area contributed by atoms with Gasteiger partial charge >= 0.3 is 0 Å². The Morgan fingerprint density at radius 1 is 0.968 bits per heavy atom. The van der Waals surface area contributed by atoms with Crippen LogP contribution in [-0.2, 0) is 7.05 Å². The van der Waals surface area contributed by atoms with Gasteiger partial charge in [0.15, 0.2) is 5.82 Å². The van der Waals surface area contributed by atoms with Crippen LogP contribution in [0.25, 0.3) is 11.3 Å². The van der Waals surface area contributed by atoms with E-state index in [-0.39, 0.29) is 5.69 Å². The molecule has 162 valence electrons. The van der Waals surface area contributed by atoms with Gasteiger partial charge in [0, 0.05) is 20.1 Å². The third-order valence-corrected chi connectivity index (χ3v) is 5.34. The van der Waals surface area contributed by atoms with Gasteiger partial charge in [-0.1, -0.05) is 18.9 Å². The van der Waals surface area contributed by atoms with Crippen LogP contribution in [0.3, 0.4) is 0 Å². The number of hydrogen-bond acceptors (Lipinski definition) is 4. The molecule has 1 fully saturated rings. The average molecular weight is 429 g/mol. The summed E-state index contributed by atoms with van der Waals surface area (Å²) in [5, 5.41) is 7.01. The zero-order chi connectivity index (χ0) is 22.0. The molecule has 3 heterocycles. The largest absolute Gasteiger partial charge is 0.355 e. The summed E-state index contributed by atoms with van der Waals surface area (Å²) in [6.45, 7) is 1.71. The highest BCUT2D eigenvalue weighted by Gasteiger charge is 2.22. The van der Waals surface area contributed by atoms with Gasteiger partial charge in [-0.25, -0.2) is 18.2 Å². The van der Waals surface area contributed by atoms with Crippen molar-refractivity contribution in [2.75, 3.05) is 23.3 Å². The molecule has 2 aromatic heterocycles. The number of halogens is 3. The van der Waals surface area contributed by atoms with Crippen molar-refractivity contribution in [1.82, 2.24) is 14.8 Å². The van der Waals surface area contributed by atoms with Crippen LogP contribution in [0, 0.1) is 17.5 Å². The number of nitrogens with zero attached hydrogens (tertiary/aromatic N) is 4. The Morgan fingerprint density at radius 3 is 2.32 bits per heavy atom. The van der Waals surface area contributed by atoms with Crippen LogP contribution in [0.1, 0.15) is 36.2 Å². The summed E-state index contributed by atoms with van der Waals surface area (Å²) in [5.74, 6) is -2.69. The Labute approximate surface area is 177 Å². The van der Waals surface area contributed by atoms with Gasteiger partial charge in [0.2, 0.25) is 0 Å². The summed E-state index contributed by atoms with van der Waals surface area (Å²) >= 11 is 0. The fraction of sp³-hybridized carbons (Fsp3) is 0.318. The number of pyridine rings is 1. The molecular formula is C22H22F3N5O. The number of hydrogen-bond donors (Lipinski definition) is 1. The van der Waals surface area contributed by atoms with Crippen molar-refractivity contribution in [3.63, 3.8) is 0 Å². The molecule has 0 saturated carbocycles. The number of carbonyl (C=O) groups is 1. The topological polar surface area (TPSA) is 63.1 Å². The molecule has 31 heavy (non-hydrogen) atoms. The lowest BCUT2D eigenvalue weighted by Crippen LogP contribution is -2.27. The normalized spacial score (nSPS) is 14.4. The Morgan fingerprint density at radius 2 is 1.65 bits per heavy atom. The zero-order valence-corrected chi connectivity index (χ0v) is 17.0. The summed E-state index contributed by atoms with van der Waals surface area (Å²) < 4.78 is 44.3. The Hall–Kier alpha value is -3.36. The van der Waals surface area contributed by atoms with Crippen molar-refractivity contribution in [3.8, 4) is 11.3 Å². The lowest BCUT2D eigenvalue weighted by Gasteiger charge is -2.24. The van der Waals surface area contributed by atoms with E-state index in [0.717, 1.165) is 62.8 Å². The van der Waals surface area contributed by atoms with Gasteiger partial charge in [-0.3, -0.25) is 9.48 Å². The van der Waals surface area contributed by atoms with Crippen molar-refractivity contribution in [2.24, 2.45) is 7.05 Å². The molecule has 0 aliphatic carbocycles. The quantitative estimate of drug-likeness (QED) is 0.662. The number of amides is 1. The molecule has 1 N–H and O–H groups in total. The van der Waals surface area contributed by atoms with E-state index >= 15 is 0 Å². The van der Waals surface area contributed by atoms with E-state index < -0.39 is 34.6 Å². The molecule has 0 bridgehead atoms. The standard InChI is InChI=1S/C22H22F3N5O/c1-29-22(30-11-4-2-3-5-12-30)18(13-26-29)28-21(31)17-10-9-16(25)20(27-17)19-14(23)7-6-8-15(19)24/h6-10,13H,2-5,11-12H2,1H3,(H,28,31). The van der Waals surface area contributed by atoms with E-state index in [0.29, 0.717) is 5.69 Å². The average Bonchev–Trinajstić information content (AvgIpc) is 2.92. The van der Waals surface area contributed by atoms with E-state index in [1.807, 2.05) is 0 Å². The molecule has 1 aromatic carbocycles. The first kappa shape index (κ1) is 20.9. The molecule has 0 unspecified atom stereocenters. The minimum atomic E-state index is -0.959. The van der Waals surface area contributed by atoms with Crippen LogP contribution in [0.4, 0.5) is 24.7 Å². The number of nitrogens with one attached hydrogen (secondary N) is 1. The number of benzene rings is 1. The second-order valence-electron chi connectivity index (χ2n) is 7.48. The molecule has 1 aliphatic heterocycles. The van der Waals surface area contributed by atoms with Gasteiger partial charge in [-0.15, -0.1) is 0 Å². The van der Waals surface area contributed by atoms with Crippen LogP contribution in [0.15, 0.2) is 36.5 Å². The minimum absolute atomic E-state index is 0.162. The van der Waals surface area contributed by atoms with Crippen molar-refractivity contribution in [1.29, 1.82) is 0 Å². The third kappa shape index (κ3) is 4.26. The van der Waals surface area contributed by atoms with Gasteiger partial charge in [-0.2, -0.15) is 5.10 Å². The lowest BCUT2D eigenvalue weighted by molar-refractivity contribution is 0.102. The van der Waals surface area contributed by atoms with E-state index in [1.165, 1.54) is 12.1 Å². The lowest BCUT2D eigenvalue weighted by atomic mass is 10.1. The van der Waals surface area contributed by atoms with Crippen molar-refractivity contribution in [3.05, 3.63) is 59.7 Å². The van der Waals surface area contributed by atoms with Crippen LogP contribution in [-0.4, -0.2) is 33.8 Å². The predicted molar refractivity (Wildman–Crippen MR) is 111 cm³/mol. The highest BCUT2D eigenvalue weighted by Crippen LogP contribution is 2.29. The molecule has 3 aromatic rings. The molecule has 1 saturated heterocycles. The van der Waals surface area contributed by atoms with E-state index in [2.05, 4.69) is 20.3 Å². The first-order valence-corrected chi connectivity index (χ1v) is 10.1. The summed E-state index contributed by atoms with van der Waals surface area (Å²) in [6.07, 6.45) is 5.96. The predicted octanol–water partition coefficient (Wildman–Crippen LogP) is 4.53. The highest BCUT2D eigenvalue weighted by molar-refractivity contribution is 6.04. The second kappa shape index (κ2) is 8.79. The summed E-state index contributed by atoms with van der Waals surface area (Å²) in [4.78, 5) is 18.9. The zero-order valence-electron chi connectivity index (χ0n) is 17.0. The Kier molecular flexibility index (Phi) is 5.92. The number of aryl methyl sites for hydroxylation is 1. The van der Waals surface area contributed by atoms with E-state index in [4.69, 9.17) is 0 Å². The van der Waals surface area contributed by atoms with Crippen LogP contribution < -0.4 is 10.2 Å². The molecular weight excluding hydrogens is 407 g/mol. The monoisotopic (exact) mass is 429 g/mol. The first-order chi connectivity index (χ1) is 15.0. The van der Waals surface area contributed by atoms with E-state index in [1.54, 1.807) is 17.9 Å². The fourth-order valence-corrected chi connectivity index (χ4v) is 3.83. The van der Waals surface area contributed by atoms with Gasteiger partial charge in [0.25, 0.3) is 5.91 Å². The maximum atomic E-state index is 14.3. The third-order valence-electron chi connectivity index (χ3n) is 5.34. The van der Waals surface area contributed by atoms with Gasteiger partial charge in [0.05, 0.1) is 11.8 Å². The molecule has 4 rings (SSSR count). The number of carbonyl (C=O) groups excluding carboxylic acids is 1. The minimum Gasteiger partial charge on any atom is -0.355 e. The number of rotatable bonds is 4. The maximum absolute atomic E-state index is 14.3. The van der Waals surface area contributed by atoms with Crippen molar-refractivity contribution < 1.29 is 18.0 Å². The highest BCUT2D eigenvalue weighted by atomic mass is 19.1. The van der Waals surface area contributed by atoms with Gasteiger partial charge in [-0.05, 0) is 37.1 Å². The van der Waals surface area contributed by atoms with Crippen molar-refractivity contribution in [2.45, 2.75) is 25.7 Å². The van der Waals surface area contributed by atoms with Crippen LogP contribution >= 0.6 is 0 Å². The summed E-state index contributed by atoms with van der Waals surface area (Å²) in [7, 11) is 1.80. The number of aromatic nitrogens is 3. The Balaban J connectivity index is 1.64. The van der Waals surface area contributed by atoms with Gasteiger partial charge < -0.3 is 10.2 Å². The fourth-order valence-electron chi connectivity index (χ4n) is 3.83. The van der Waals surface area contributed by atoms with E-state index in [9.17, 15) is 18.0 Å². The molecule has 1 aliphatic rings. The molecule has 9 heteroatoms. The molecule has 1 amide bonds. The van der Waals surface area contributed by atoms with Crippen LogP contribution in [0.5, 0.6) is 0 Å². The maximum Gasteiger partial charge on any atom is 0.274 e. The van der Waals surface area contributed by atoms with Gasteiger partial charge in [0.1, 0.15) is 34.5 Å². The molecule has 6 nitrogen and oxygen atoms in total. The van der Waals surface area contributed by atoms with Crippen molar-refractivity contribution >= 4 is 17.4 Å². The smallest absolute Gasteiger partial charge is 0.274 e. The van der Waals surface area contributed by atoms with Crippen LogP contribution in [0.2, 0.25) is 0 Å². The molecule has 0 spiro atoms. The summed E-state index contributed by atoms with van der Waals surface area (Å²) in [5.41, 5.74) is -0.827. The molecule has 0 radical (unpaired) electrons. The molecule has 0 atom stereocenters. The Bertz CT molecular complexity index is 1090. The first-order valence-electron chi connectivity index (χ1n) is 10.1.